The molecule has 0 bridgehead atoms. The van der Waals surface area contributed by atoms with E-state index in [1.807, 2.05) is 0 Å². The number of aliphatic carboxylic acids is 2. The number of nitrogens with two attached hydrogens (primary N) is 2. The number of carboxylic acids is 2. The average Bonchev–Trinajstić information content (AvgIpc) is 3.19. The number of nitrogen functional groups attached to an aromatic ring is 1. The van der Waals surface area contributed by atoms with Crippen LogP contribution in [0.2, 0.25) is 0 Å². The molecule has 0 aliphatic heterocycles. The van der Waals surface area contributed by atoms with Gasteiger partial charge in [0.2, 0.25) is 11.3 Å². The summed E-state index contributed by atoms with van der Waals surface area (Å²) in [5.41, 5.74) is 8.34. The predicted octanol–water partition coefficient (Wildman–Crippen LogP) is 4.58. The number of carbonyl (C=O) groups is 3. The van der Waals surface area contributed by atoms with Crippen molar-refractivity contribution >= 4 is 40.1 Å². The van der Waals surface area contributed by atoms with Gasteiger partial charge >= 0.3 is 17.9 Å². The fraction of sp³-hybridized carbons (Fsp3) is 0.720. The Morgan fingerprint density at radius 1 is 0.946 bits per heavy atom. The first-order valence-corrected chi connectivity index (χ1v) is 13.4. The van der Waals surface area contributed by atoms with E-state index < -0.39 is 34.8 Å². The molecule has 37 heavy (non-hydrogen) atoms. The van der Waals surface area contributed by atoms with Gasteiger partial charge in [-0.15, -0.1) is 11.3 Å². The van der Waals surface area contributed by atoms with Crippen LogP contribution < -0.4 is 11.5 Å². The predicted molar refractivity (Wildman–Crippen MR) is 145 cm³/mol. The molecule has 0 aliphatic rings. The van der Waals surface area contributed by atoms with E-state index in [2.05, 4.69) is 10.1 Å². The Hall–Kier alpha value is -2.73. The van der Waals surface area contributed by atoms with Gasteiger partial charge in [0.05, 0.1) is 0 Å². The summed E-state index contributed by atoms with van der Waals surface area (Å²) in [6.45, 7) is 8.81. The highest BCUT2D eigenvalue weighted by atomic mass is 32.1. The van der Waals surface area contributed by atoms with Crippen LogP contribution in [0.25, 0.3) is 0 Å². The van der Waals surface area contributed by atoms with Gasteiger partial charge < -0.3 is 31.3 Å². The summed E-state index contributed by atoms with van der Waals surface area (Å²) >= 11 is 1.07. The molecule has 0 amide bonds. The van der Waals surface area contributed by atoms with Crippen LogP contribution in [0.5, 0.6) is 0 Å². The molecule has 0 saturated carbocycles. The summed E-state index contributed by atoms with van der Waals surface area (Å²) < 4.78 is 5.19. The van der Waals surface area contributed by atoms with Gasteiger partial charge in [0.25, 0.3) is 0 Å². The number of ether oxygens (including phenoxy) is 1. The van der Waals surface area contributed by atoms with Gasteiger partial charge in [0, 0.05) is 11.8 Å². The first-order valence-electron chi connectivity index (χ1n) is 12.6. The first-order chi connectivity index (χ1) is 17.2. The second-order valence-corrected chi connectivity index (χ2v) is 10.9. The number of hydrogen-bond donors (Lipinski definition) is 4. The van der Waals surface area contributed by atoms with Crippen molar-refractivity contribution in [2.75, 3.05) is 12.3 Å². The van der Waals surface area contributed by atoms with Crippen LogP contribution in [0.3, 0.4) is 0 Å². The third-order valence-electron chi connectivity index (χ3n) is 4.82. The molecule has 1 aromatic rings. The minimum Gasteiger partial charge on any atom is -0.481 e. The standard InChI is InChI=1S/C13H19N3O5S.C12H25NO2/c1-12(2,3)20-10(19)13(4,5)21-16-8(9(17)18)7-6-22-11(14)15-7;13-11-9-7-5-3-1-2-4-6-8-10-12(14)15/h6H,1-5H3,(H2,14,15)(H,17,18);1-11,13H2,(H,14,15). The summed E-state index contributed by atoms with van der Waals surface area (Å²) in [5, 5.41) is 22.8. The molecular formula is C25H44N4O7S. The molecule has 0 atom stereocenters. The highest BCUT2D eigenvalue weighted by Gasteiger charge is 2.36. The van der Waals surface area contributed by atoms with Gasteiger partial charge in [-0.1, -0.05) is 50.1 Å². The largest absolute Gasteiger partial charge is 0.481 e. The SMILES string of the molecule is CC(C)(C)OC(=O)C(C)(C)ON=C(C(=O)O)c1csc(N)n1.NCCCCCCCCCCCC(=O)O. The molecule has 1 heterocycles. The topological polar surface area (TPSA) is 187 Å². The van der Waals surface area contributed by atoms with Gasteiger partial charge in [0.15, 0.2) is 5.13 Å². The quantitative estimate of drug-likeness (QED) is 0.0992. The number of oxime groups is 1. The van der Waals surface area contributed by atoms with Crippen LogP contribution in [0.4, 0.5) is 5.13 Å². The van der Waals surface area contributed by atoms with E-state index in [1.54, 1.807) is 20.8 Å². The molecule has 12 heteroatoms. The molecule has 11 nitrogen and oxygen atoms in total. The van der Waals surface area contributed by atoms with Gasteiger partial charge in [-0.05, 0) is 54.0 Å². The van der Waals surface area contributed by atoms with Crippen molar-refractivity contribution in [1.82, 2.24) is 4.98 Å². The van der Waals surface area contributed by atoms with Crippen LogP contribution >= 0.6 is 11.3 Å². The number of aromatic nitrogens is 1. The molecule has 1 aromatic heterocycles. The average molecular weight is 545 g/mol. The van der Waals surface area contributed by atoms with Gasteiger partial charge in [-0.25, -0.2) is 14.6 Å². The minimum absolute atomic E-state index is 0.0648. The molecule has 0 spiro atoms. The Morgan fingerprint density at radius 2 is 1.46 bits per heavy atom. The maximum absolute atomic E-state index is 12.0. The monoisotopic (exact) mass is 544 g/mol. The van der Waals surface area contributed by atoms with Crippen molar-refractivity contribution < 1.29 is 34.2 Å². The van der Waals surface area contributed by atoms with Crippen LogP contribution in [-0.4, -0.2) is 56.6 Å². The maximum atomic E-state index is 12.0. The van der Waals surface area contributed by atoms with E-state index in [0.717, 1.165) is 37.1 Å². The van der Waals surface area contributed by atoms with Crippen molar-refractivity contribution in [1.29, 1.82) is 0 Å². The Balaban J connectivity index is 0.000000757. The zero-order valence-corrected chi connectivity index (χ0v) is 23.6. The molecular weight excluding hydrogens is 500 g/mol. The second kappa shape index (κ2) is 17.7. The molecule has 6 N–H and O–H groups in total. The first kappa shape index (κ1) is 34.3. The summed E-state index contributed by atoms with van der Waals surface area (Å²) in [7, 11) is 0. The number of carbonyl (C=O) groups excluding carboxylic acids is 1. The summed E-state index contributed by atoms with van der Waals surface area (Å²) in [5.74, 6) is -2.67. The smallest absolute Gasteiger partial charge is 0.360 e. The fourth-order valence-corrected chi connectivity index (χ4v) is 3.40. The fourth-order valence-electron chi connectivity index (χ4n) is 2.85. The lowest BCUT2D eigenvalue weighted by atomic mass is 10.1. The minimum atomic E-state index is -1.45. The Kier molecular flexibility index (Phi) is 16.4. The lowest BCUT2D eigenvalue weighted by Gasteiger charge is -2.26. The van der Waals surface area contributed by atoms with Crippen LogP contribution in [-0.2, 0) is 24.0 Å². The number of carboxylic acid groups (broad SMARTS) is 2. The van der Waals surface area contributed by atoms with Gasteiger partial charge in [-0.2, -0.15) is 0 Å². The van der Waals surface area contributed by atoms with E-state index in [0.29, 0.717) is 6.42 Å². The molecule has 0 aliphatic carbocycles. The number of esters is 1. The van der Waals surface area contributed by atoms with Crippen LogP contribution in [0.1, 0.15) is 105 Å². The third-order valence-corrected chi connectivity index (χ3v) is 5.49. The Morgan fingerprint density at radius 3 is 1.86 bits per heavy atom. The summed E-state index contributed by atoms with van der Waals surface area (Å²) in [6.07, 6.45) is 11.0. The molecule has 212 valence electrons. The van der Waals surface area contributed by atoms with Crippen molar-refractivity contribution in [2.24, 2.45) is 10.9 Å². The van der Waals surface area contributed by atoms with E-state index in [1.165, 1.54) is 57.8 Å². The third kappa shape index (κ3) is 17.4. The van der Waals surface area contributed by atoms with E-state index in [-0.39, 0.29) is 10.8 Å². The highest BCUT2D eigenvalue weighted by Crippen LogP contribution is 2.19. The zero-order chi connectivity index (χ0) is 28.5. The van der Waals surface area contributed by atoms with Crippen molar-refractivity contribution in [3.8, 4) is 0 Å². The zero-order valence-electron chi connectivity index (χ0n) is 22.7. The molecule has 0 saturated heterocycles. The number of nitrogens with zero attached hydrogens (tertiary/aromatic N) is 2. The molecule has 0 unspecified atom stereocenters. The van der Waals surface area contributed by atoms with Gasteiger partial charge in [-0.3, -0.25) is 4.79 Å². The normalized spacial score (nSPS) is 11.9. The summed E-state index contributed by atoms with van der Waals surface area (Å²) in [4.78, 5) is 42.4. The molecule has 1 rings (SSSR count). The highest BCUT2D eigenvalue weighted by molar-refractivity contribution is 7.13. The molecule has 0 aromatic carbocycles. The van der Waals surface area contributed by atoms with Gasteiger partial charge in [0.1, 0.15) is 11.3 Å². The number of rotatable bonds is 16. The number of unbranched alkanes of at least 4 members (excludes halogenated alkanes) is 8. The maximum Gasteiger partial charge on any atom is 0.360 e. The number of thiazole rings is 1. The molecule has 0 fully saturated rings. The Bertz CT molecular complexity index is 863. The Labute approximate surface area is 223 Å². The second-order valence-electron chi connectivity index (χ2n) is 10.0. The van der Waals surface area contributed by atoms with E-state index >= 15 is 0 Å². The van der Waals surface area contributed by atoms with E-state index in [4.69, 9.17) is 31.3 Å². The van der Waals surface area contributed by atoms with E-state index in [9.17, 15) is 14.4 Å². The van der Waals surface area contributed by atoms with Crippen molar-refractivity contribution in [2.45, 2.75) is 110 Å². The van der Waals surface area contributed by atoms with Crippen LogP contribution in [0, 0.1) is 0 Å². The lowest BCUT2D eigenvalue weighted by Crippen LogP contribution is -2.40. The summed E-state index contributed by atoms with van der Waals surface area (Å²) in [6, 6.07) is 0. The molecule has 0 radical (unpaired) electrons. The lowest BCUT2D eigenvalue weighted by molar-refractivity contribution is -0.179. The van der Waals surface area contributed by atoms with Crippen LogP contribution in [0.15, 0.2) is 10.5 Å². The van der Waals surface area contributed by atoms with Crippen molar-refractivity contribution in [3.63, 3.8) is 0 Å². The number of hydrogen-bond acceptors (Lipinski definition) is 10. The number of anilines is 1. The van der Waals surface area contributed by atoms with Crippen molar-refractivity contribution in [3.05, 3.63) is 11.1 Å².